The fourth-order valence-corrected chi connectivity index (χ4v) is 4.90. The molecule has 1 fully saturated rings. The summed E-state index contributed by atoms with van der Waals surface area (Å²) < 4.78 is 10.8. The minimum Gasteiger partial charge on any atom is -0.452 e. The predicted molar refractivity (Wildman–Crippen MR) is 120 cm³/mol. The van der Waals surface area contributed by atoms with Crippen LogP contribution in [0, 0.1) is 17.0 Å². The number of amides is 2. The average molecular weight is 495 g/mol. The molecular weight excluding hydrogens is 472 g/mol. The average Bonchev–Trinajstić information content (AvgIpc) is 3.22. The first-order valence-corrected chi connectivity index (χ1v) is 11.7. The number of nitrogens with zero attached hydrogens (tertiary/aromatic N) is 4. The van der Waals surface area contributed by atoms with Crippen LogP contribution in [0.5, 0.6) is 0 Å². The maximum Gasteiger partial charge on any atom is 0.409 e. The van der Waals surface area contributed by atoms with E-state index in [2.05, 4.69) is 4.98 Å². The molecular formula is C20H22N4O7S2. The van der Waals surface area contributed by atoms with E-state index in [1.54, 1.807) is 6.92 Å². The van der Waals surface area contributed by atoms with Gasteiger partial charge in [-0.1, -0.05) is 11.8 Å². The summed E-state index contributed by atoms with van der Waals surface area (Å²) >= 11 is 2.58. The van der Waals surface area contributed by atoms with Crippen LogP contribution in [0.15, 0.2) is 32.8 Å². The number of benzene rings is 1. The lowest BCUT2D eigenvalue weighted by atomic mass is 10.2. The highest BCUT2D eigenvalue weighted by atomic mass is 32.2. The van der Waals surface area contributed by atoms with Crippen LogP contribution in [-0.2, 0) is 14.3 Å². The second kappa shape index (κ2) is 11.1. The molecule has 0 aliphatic carbocycles. The summed E-state index contributed by atoms with van der Waals surface area (Å²) in [5, 5.41) is 13.0. The lowest BCUT2D eigenvalue weighted by Crippen LogP contribution is -2.51. The van der Waals surface area contributed by atoms with Crippen molar-refractivity contribution in [1.82, 2.24) is 14.8 Å². The number of ether oxygens (including phenoxy) is 2. The molecule has 1 aliphatic rings. The zero-order valence-electron chi connectivity index (χ0n) is 18.0. The normalized spacial score (nSPS) is 13.5. The van der Waals surface area contributed by atoms with Crippen LogP contribution in [0.3, 0.4) is 0 Å². The molecule has 0 N–H and O–H groups in total. The minimum absolute atomic E-state index is 0.0121. The van der Waals surface area contributed by atoms with Crippen molar-refractivity contribution in [3.05, 3.63) is 45.0 Å². The lowest BCUT2D eigenvalue weighted by molar-refractivity contribution is -0.384. The number of hydrogen-bond acceptors (Lipinski definition) is 10. The second-order valence-corrected chi connectivity index (χ2v) is 9.08. The van der Waals surface area contributed by atoms with Gasteiger partial charge in [0.15, 0.2) is 10.9 Å². The molecule has 2 heterocycles. The molecule has 2 aromatic rings. The number of hydrogen-bond donors (Lipinski definition) is 0. The Hall–Kier alpha value is -3.19. The molecule has 176 valence electrons. The Kier molecular flexibility index (Phi) is 8.22. The lowest BCUT2D eigenvalue weighted by Gasteiger charge is -2.33. The van der Waals surface area contributed by atoms with E-state index >= 15 is 0 Å². The number of carbonyl (C=O) groups excluding carboxylic acids is 3. The molecule has 3 rings (SSSR count). The number of piperazine rings is 1. The highest BCUT2D eigenvalue weighted by Crippen LogP contribution is 2.34. The molecule has 1 aromatic heterocycles. The van der Waals surface area contributed by atoms with Crippen molar-refractivity contribution in [2.75, 3.05) is 39.4 Å². The summed E-state index contributed by atoms with van der Waals surface area (Å²) in [6, 6.07) is 3.90. The van der Waals surface area contributed by atoms with Crippen molar-refractivity contribution >= 4 is 46.8 Å². The maximum absolute atomic E-state index is 12.7. The zero-order valence-corrected chi connectivity index (χ0v) is 19.6. The smallest absolute Gasteiger partial charge is 0.409 e. The Bertz CT molecular complexity index is 1050. The minimum atomic E-state index is -0.840. The van der Waals surface area contributed by atoms with Crippen LogP contribution in [0.2, 0.25) is 0 Å². The van der Waals surface area contributed by atoms with Gasteiger partial charge in [0.2, 0.25) is 0 Å². The molecule has 0 radical (unpaired) electrons. The molecule has 2 amide bonds. The van der Waals surface area contributed by atoms with Crippen LogP contribution < -0.4 is 0 Å². The third kappa shape index (κ3) is 6.42. The zero-order chi connectivity index (χ0) is 24.0. The number of rotatable bonds is 7. The Balaban J connectivity index is 1.63. The summed E-state index contributed by atoms with van der Waals surface area (Å²) in [6.45, 7) is 4.52. The molecule has 0 atom stereocenters. The Labute approximate surface area is 197 Å². The van der Waals surface area contributed by atoms with Crippen LogP contribution >= 0.6 is 23.1 Å². The monoisotopic (exact) mass is 494 g/mol. The number of nitro groups is 1. The molecule has 11 nitrogen and oxygen atoms in total. The van der Waals surface area contributed by atoms with E-state index in [0.717, 1.165) is 11.8 Å². The number of esters is 1. The summed E-state index contributed by atoms with van der Waals surface area (Å²) in [7, 11) is 0. The van der Waals surface area contributed by atoms with Crippen molar-refractivity contribution in [1.29, 1.82) is 0 Å². The number of aromatic nitrogens is 1. The number of carbonyl (C=O) groups is 3. The molecule has 0 spiro atoms. The standard InChI is InChI=1S/C20H22N4O7S2/c1-3-30-20(27)23-8-6-22(7-9-23)17(25)11-31-18(26)15-10-14(24(28)29)4-5-16(15)33-19-21-13(2)12-32-19/h4-5,10,12H,3,6-9,11H2,1-2H3. The van der Waals surface area contributed by atoms with Gasteiger partial charge in [-0.15, -0.1) is 11.3 Å². The van der Waals surface area contributed by atoms with Gasteiger partial charge in [0, 0.05) is 54.3 Å². The molecule has 1 saturated heterocycles. The van der Waals surface area contributed by atoms with E-state index in [4.69, 9.17) is 9.47 Å². The van der Waals surface area contributed by atoms with E-state index in [1.807, 2.05) is 12.3 Å². The van der Waals surface area contributed by atoms with Crippen molar-refractivity contribution in [3.8, 4) is 0 Å². The summed E-state index contributed by atoms with van der Waals surface area (Å²) in [5.74, 6) is -1.25. The molecule has 0 saturated carbocycles. The van der Waals surface area contributed by atoms with Crippen LogP contribution in [0.25, 0.3) is 0 Å². The predicted octanol–water partition coefficient (Wildman–Crippen LogP) is 2.97. The number of nitro benzene ring substituents is 1. The third-order valence-corrected chi connectivity index (χ3v) is 6.81. The van der Waals surface area contributed by atoms with E-state index in [0.29, 0.717) is 22.3 Å². The maximum atomic E-state index is 12.7. The van der Waals surface area contributed by atoms with Gasteiger partial charge in [0.05, 0.1) is 17.1 Å². The first kappa shape index (κ1) is 24.5. The molecule has 0 unspecified atom stereocenters. The first-order chi connectivity index (χ1) is 15.8. The van der Waals surface area contributed by atoms with E-state index in [9.17, 15) is 24.5 Å². The highest BCUT2D eigenvalue weighted by molar-refractivity contribution is 8.01. The third-order valence-electron chi connectivity index (χ3n) is 4.67. The van der Waals surface area contributed by atoms with Crippen LogP contribution in [0.1, 0.15) is 23.0 Å². The molecule has 1 aromatic carbocycles. The fourth-order valence-electron chi connectivity index (χ4n) is 3.00. The SMILES string of the molecule is CCOC(=O)N1CCN(C(=O)COC(=O)c2cc([N+](=O)[O-])ccc2Sc2nc(C)cs2)CC1. The number of thiazole rings is 1. The summed E-state index contributed by atoms with van der Waals surface area (Å²) in [5.41, 5.74) is 0.548. The van der Waals surface area contributed by atoms with Crippen molar-refractivity contribution in [2.45, 2.75) is 23.1 Å². The van der Waals surface area contributed by atoms with Crippen LogP contribution in [-0.4, -0.2) is 77.1 Å². The van der Waals surface area contributed by atoms with Gasteiger partial charge in [-0.3, -0.25) is 14.9 Å². The van der Waals surface area contributed by atoms with Gasteiger partial charge in [-0.05, 0) is 19.9 Å². The number of aryl methyl sites for hydroxylation is 1. The summed E-state index contributed by atoms with van der Waals surface area (Å²) in [4.78, 5) is 55.3. The van der Waals surface area contributed by atoms with Gasteiger partial charge in [0.25, 0.3) is 11.6 Å². The Morgan fingerprint density at radius 2 is 1.88 bits per heavy atom. The fraction of sp³-hybridized carbons (Fsp3) is 0.400. The molecule has 13 heteroatoms. The van der Waals surface area contributed by atoms with Crippen molar-refractivity contribution in [2.24, 2.45) is 0 Å². The second-order valence-electron chi connectivity index (χ2n) is 6.94. The van der Waals surface area contributed by atoms with E-state index in [1.165, 1.54) is 45.0 Å². The van der Waals surface area contributed by atoms with Crippen LogP contribution in [0.4, 0.5) is 10.5 Å². The molecule has 1 aliphatic heterocycles. The van der Waals surface area contributed by atoms with E-state index in [-0.39, 0.29) is 30.9 Å². The van der Waals surface area contributed by atoms with Crippen molar-refractivity contribution < 1.29 is 28.8 Å². The molecule has 0 bridgehead atoms. The molecule has 33 heavy (non-hydrogen) atoms. The topological polar surface area (TPSA) is 132 Å². The Morgan fingerprint density at radius 3 is 2.48 bits per heavy atom. The van der Waals surface area contributed by atoms with Gasteiger partial charge in [0.1, 0.15) is 0 Å². The van der Waals surface area contributed by atoms with Gasteiger partial charge in [-0.2, -0.15) is 0 Å². The van der Waals surface area contributed by atoms with Gasteiger partial charge in [-0.25, -0.2) is 14.6 Å². The van der Waals surface area contributed by atoms with Gasteiger partial charge < -0.3 is 19.3 Å². The largest absolute Gasteiger partial charge is 0.452 e. The van der Waals surface area contributed by atoms with Gasteiger partial charge >= 0.3 is 12.1 Å². The summed E-state index contributed by atoms with van der Waals surface area (Å²) in [6.07, 6.45) is -0.429. The Morgan fingerprint density at radius 1 is 1.18 bits per heavy atom. The first-order valence-electron chi connectivity index (χ1n) is 10.0. The van der Waals surface area contributed by atoms with Crippen molar-refractivity contribution in [3.63, 3.8) is 0 Å². The highest BCUT2D eigenvalue weighted by Gasteiger charge is 2.26. The van der Waals surface area contributed by atoms with E-state index < -0.39 is 29.5 Å². The quantitative estimate of drug-likeness (QED) is 0.324. The number of non-ortho nitro benzene ring substituents is 1.